The summed E-state index contributed by atoms with van der Waals surface area (Å²) in [5.74, 6) is -0.778. The first-order valence-electron chi connectivity index (χ1n) is 9.35. The lowest BCUT2D eigenvalue weighted by Gasteiger charge is -2.34. The van der Waals surface area contributed by atoms with Crippen molar-refractivity contribution in [2.75, 3.05) is 26.2 Å². The molecular weight excluding hydrogens is 372 g/mol. The molecule has 1 fully saturated rings. The van der Waals surface area contributed by atoms with Crippen molar-refractivity contribution in [3.63, 3.8) is 0 Å². The molecule has 5 nitrogen and oxygen atoms in total. The van der Waals surface area contributed by atoms with Gasteiger partial charge >= 0.3 is 5.97 Å². The number of hydrogen-bond donors (Lipinski definition) is 1. The van der Waals surface area contributed by atoms with Crippen LogP contribution in [0.2, 0.25) is 0 Å². The summed E-state index contributed by atoms with van der Waals surface area (Å²) >= 11 is 1.58. The molecule has 0 aliphatic carbocycles. The van der Waals surface area contributed by atoms with Crippen LogP contribution in [0.25, 0.3) is 10.1 Å². The SMILES string of the molecule is Cc1c(C(=O)N2CCN(Cc3ccc(C(=O)O)cc3)CC2)sc2ccccc12. The first-order valence-corrected chi connectivity index (χ1v) is 10.2. The maximum atomic E-state index is 13.0. The van der Waals surface area contributed by atoms with Crippen molar-refractivity contribution in [1.29, 1.82) is 0 Å². The lowest BCUT2D eigenvalue weighted by atomic mass is 10.1. The minimum atomic E-state index is -0.907. The number of aromatic carboxylic acids is 1. The Morgan fingerprint density at radius 2 is 1.68 bits per heavy atom. The number of carbonyl (C=O) groups excluding carboxylic acids is 1. The number of carboxylic acids is 1. The smallest absolute Gasteiger partial charge is 0.335 e. The summed E-state index contributed by atoms with van der Waals surface area (Å²) in [4.78, 5) is 29.1. The van der Waals surface area contributed by atoms with Crippen LogP contribution in [0.5, 0.6) is 0 Å². The number of benzene rings is 2. The lowest BCUT2D eigenvalue weighted by Crippen LogP contribution is -2.48. The summed E-state index contributed by atoms with van der Waals surface area (Å²) in [6.45, 7) is 5.85. The van der Waals surface area contributed by atoms with E-state index in [1.165, 1.54) is 5.39 Å². The Kier molecular flexibility index (Phi) is 5.15. The van der Waals surface area contributed by atoms with Crippen LogP contribution in [0.4, 0.5) is 0 Å². The van der Waals surface area contributed by atoms with Gasteiger partial charge in [-0.25, -0.2) is 4.79 Å². The maximum absolute atomic E-state index is 13.0. The summed E-state index contributed by atoms with van der Waals surface area (Å²) in [7, 11) is 0. The first-order chi connectivity index (χ1) is 13.5. The summed E-state index contributed by atoms with van der Waals surface area (Å²) in [5, 5.41) is 10.2. The average Bonchev–Trinajstić information content (AvgIpc) is 3.05. The van der Waals surface area contributed by atoms with E-state index in [0.717, 1.165) is 40.3 Å². The number of nitrogens with zero attached hydrogens (tertiary/aromatic N) is 2. The Balaban J connectivity index is 1.38. The van der Waals surface area contributed by atoms with Gasteiger partial charge in [-0.15, -0.1) is 11.3 Å². The molecule has 6 heteroatoms. The van der Waals surface area contributed by atoms with E-state index in [2.05, 4.69) is 17.0 Å². The number of fused-ring (bicyclic) bond motifs is 1. The molecule has 2 aromatic carbocycles. The zero-order valence-corrected chi connectivity index (χ0v) is 16.5. The highest BCUT2D eigenvalue weighted by Crippen LogP contribution is 2.31. The molecule has 1 aliphatic heterocycles. The third-order valence-corrected chi connectivity index (χ3v) is 6.57. The van der Waals surface area contributed by atoms with Crippen molar-refractivity contribution >= 4 is 33.3 Å². The van der Waals surface area contributed by atoms with Crippen molar-refractivity contribution in [1.82, 2.24) is 9.80 Å². The second kappa shape index (κ2) is 7.73. The molecule has 1 aromatic heterocycles. The minimum absolute atomic E-state index is 0.129. The molecule has 3 aromatic rings. The van der Waals surface area contributed by atoms with Gasteiger partial charge in [0.25, 0.3) is 5.91 Å². The van der Waals surface area contributed by atoms with Gasteiger partial charge in [0.2, 0.25) is 0 Å². The molecule has 0 atom stereocenters. The summed E-state index contributed by atoms with van der Waals surface area (Å²) in [6, 6.07) is 15.2. The quantitative estimate of drug-likeness (QED) is 0.730. The second-order valence-electron chi connectivity index (χ2n) is 7.12. The van der Waals surface area contributed by atoms with E-state index in [1.807, 2.05) is 36.1 Å². The number of aryl methyl sites for hydroxylation is 1. The van der Waals surface area contributed by atoms with Gasteiger partial charge in [-0.2, -0.15) is 0 Å². The Labute approximate surface area is 167 Å². The molecular formula is C22H22N2O3S. The predicted octanol–water partition coefficient (Wildman–Crippen LogP) is 3.87. The topological polar surface area (TPSA) is 60.9 Å². The van der Waals surface area contributed by atoms with Crippen molar-refractivity contribution in [2.24, 2.45) is 0 Å². The molecule has 0 saturated carbocycles. The largest absolute Gasteiger partial charge is 0.478 e. The number of hydrogen-bond acceptors (Lipinski definition) is 4. The van der Waals surface area contributed by atoms with E-state index in [9.17, 15) is 9.59 Å². The van der Waals surface area contributed by atoms with Gasteiger partial charge in [-0.05, 0) is 41.6 Å². The zero-order chi connectivity index (χ0) is 19.7. The van der Waals surface area contributed by atoms with E-state index in [1.54, 1.807) is 23.5 Å². The number of piperazine rings is 1. The summed E-state index contributed by atoms with van der Waals surface area (Å²) in [6.07, 6.45) is 0. The molecule has 1 saturated heterocycles. The molecule has 28 heavy (non-hydrogen) atoms. The van der Waals surface area contributed by atoms with Gasteiger partial charge in [0.05, 0.1) is 10.4 Å². The number of carbonyl (C=O) groups is 2. The third-order valence-electron chi connectivity index (χ3n) is 5.30. The van der Waals surface area contributed by atoms with Crippen LogP contribution in [-0.4, -0.2) is 53.0 Å². The fourth-order valence-electron chi connectivity index (χ4n) is 3.64. The Bertz CT molecular complexity index is 1020. The second-order valence-corrected chi connectivity index (χ2v) is 8.17. The fourth-order valence-corrected chi connectivity index (χ4v) is 4.82. The monoisotopic (exact) mass is 394 g/mol. The fraction of sp³-hybridized carbons (Fsp3) is 0.273. The van der Waals surface area contributed by atoms with Crippen molar-refractivity contribution < 1.29 is 14.7 Å². The molecule has 4 rings (SSSR count). The van der Waals surface area contributed by atoms with E-state index in [-0.39, 0.29) is 5.91 Å². The van der Waals surface area contributed by atoms with Crippen molar-refractivity contribution in [3.05, 3.63) is 70.1 Å². The Hall–Kier alpha value is -2.70. The highest BCUT2D eigenvalue weighted by Gasteiger charge is 2.25. The summed E-state index contributed by atoms with van der Waals surface area (Å²) in [5.41, 5.74) is 2.47. The Morgan fingerprint density at radius 1 is 1.00 bits per heavy atom. The normalized spacial score (nSPS) is 15.1. The molecule has 2 heterocycles. The third kappa shape index (κ3) is 3.66. The number of carboxylic acid groups (broad SMARTS) is 1. The van der Waals surface area contributed by atoms with Crippen LogP contribution >= 0.6 is 11.3 Å². The number of thiophene rings is 1. The lowest BCUT2D eigenvalue weighted by molar-refractivity contribution is 0.0632. The van der Waals surface area contributed by atoms with E-state index in [4.69, 9.17) is 5.11 Å². The van der Waals surface area contributed by atoms with Crippen LogP contribution in [0.1, 0.15) is 31.2 Å². The van der Waals surface area contributed by atoms with Gasteiger partial charge in [-0.3, -0.25) is 9.69 Å². The van der Waals surface area contributed by atoms with Gasteiger partial charge in [-0.1, -0.05) is 30.3 Å². The minimum Gasteiger partial charge on any atom is -0.478 e. The molecule has 1 amide bonds. The maximum Gasteiger partial charge on any atom is 0.335 e. The molecule has 0 unspecified atom stereocenters. The number of amides is 1. The van der Waals surface area contributed by atoms with E-state index in [0.29, 0.717) is 18.7 Å². The molecule has 1 N–H and O–H groups in total. The molecule has 144 valence electrons. The standard InChI is InChI=1S/C22H22N2O3S/c1-15-18-4-2-3-5-19(18)28-20(15)21(25)24-12-10-23(11-13-24)14-16-6-8-17(9-7-16)22(26)27/h2-9H,10-14H2,1H3,(H,26,27). The van der Waals surface area contributed by atoms with Crippen LogP contribution < -0.4 is 0 Å². The molecule has 0 spiro atoms. The first kappa shape index (κ1) is 18.7. The summed E-state index contributed by atoms with van der Waals surface area (Å²) < 4.78 is 1.16. The van der Waals surface area contributed by atoms with Crippen LogP contribution in [0.15, 0.2) is 48.5 Å². The zero-order valence-electron chi connectivity index (χ0n) is 15.7. The van der Waals surface area contributed by atoms with Crippen LogP contribution in [-0.2, 0) is 6.54 Å². The van der Waals surface area contributed by atoms with Crippen LogP contribution in [0.3, 0.4) is 0 Å². The van der Waals surface area contributed by atoms with Gasteiger partial charge < -0.3 is 10.0 Å². The van der Waals surface area contributed by atoms with Gasteiger partial charge in [0.1, 0.15) is 0 Å². The predicted molar refractivity (Wildman–Crippen MR) is 111 cm³/mol. The van der Waals surface area contributed by atoms with Crippen molar-refractivity contribution in [3.8, 4) is 0 Å². The Morgan fingerprint density at radius 3 is 2.32 bits per heavy atom. The van der Waals surface area contributed by atoms with Gasteiger partial charge in [0, 0.05) is 37.4 Å². The van der Waals surface area contributed by atoms with E-state index < -0.39 is 5.97 Å². The highest BCUT2D eigenvalue weighted by atomic mass is 32.1. The van der Waals surface area contributed by atoms with Crippen LogP contribution in [0, 0.1) is 6.92 Å². The van der Waals surface area contributed by atoms with Crippen molar-refractivity contribution in [2.45, 2.75) is 13.5 Å². The molecule has 0 bridgehead atoms. The highest BCUT2D eigenvalue weighted by molar-refractivity contribution is 7.21. The molecule has 1 aliphatic rings. The van der Waals surface area contributed by atoms with Gasteiger partial charge in [0.15, 0.2) is 0 Å². The average molecular weight is 394 g/mol. The van der Waals surface area contributed by atoms with E-state index >= 15 is 0 Å². The molecule has 0 radical (unpaired) electrons. The number of rotatable bonds is 4.